The molecule has 0 saturated heterocycles. The third kappa shape index (κ3) is 3.80. The maximum atomic E-state index is 11.5. The molecule has 1 heterocycles. The summed E-state index contributed by atoms with van der Waals surface area (Å²) in [6, 6.07) is 14.6. The molecule has 4 heteroatoms. The molecule has 1 aliphatic heterocycles. The lowest BCUT2D eigenvalue weighted by atomic mass is 10.0. The van der Waals surface area contributed by atoms with Crippen molar-refractivity contribution >= 4 is 17.7 Å². The zero-order valence-corrected chi connectivity index (χ0v) is 14.5. The largest absolute Gasteiger partial charge is 0.466 e. The second kappa shape index (κ2) is 7.55. The first kappa shape index (κ1) is 16.6. The van der Waals surface area contributed by atoms with E-state index < -0.39 is 0 Å². The highest BCUT2D eigenvalue weighted by molar-refractivity contribution is 7.99. The summed E-state index contributed by atoms with van der Waals surface area (Å²) < 4.78 is 4.99. The second-order valence-electron chi connectivity index (χ2n) is 5.78. The minimum atomic E-state index is -0.141. The van der Waals surface area contributed by atoms with Gasteiger partial charge in [0.05, 0.1) is 18.2 Å². The van der Waals surface area contributed by atoms with Gasteiger partial charge in [-0.2, -0.15) is 5.26 Å². The number of hydrogen-bond donors (Lipinski definition) is 0. The molecule has 3 nitrogen and oxygen atoms in total. The molecule has 122 valence electrons. The van der Waals surface area contributed by atoms with Crippen LogP contribution in [0.5, 0.6) is 0 Å². The molecule has 0 fully saturated rings. The van der Waals surface area contributed by atoms with E-state index in [2.05, 4.69) is 30.3 Å². The number of hydrogen-bond acceptors (Lipinski definition) is 4. The quantitative estimate of drug-likeness (QED) is 0.780. The normalized spacial score (nSPS) is 12.5. The summed E-state index contributed by atoms with van der Waals surface area (Å²) in [5, 5.41) is 9.09. The molecule has 0 atom stereocenters. The Morgan fingerprint density at radius 2 is 2.00 bits per heavy atom. The molecule has 1 aliphatic rings. The fourth-order valence-corrected chi connectivity index (χ4v) is 4.03. The van der Waals surface area contributed by atoms with E-state index in [0.29, 0.717) is 25.0 Å². The molecule has 2 aromatic rings. The number of aryl methyl sites for hydroxylation is 3. The van der Waals surface area contributed by atoms with Gasteiger partial charge in [-0.1, -0.05) is 30.0 Å². The maximum absolute atomic E-state index is 11.5. The summed E-state index contributed by atoms with van der Waals surface area (Å²) >= 11 is 1.73. The van der Waals surface area contributed by atoms with Crippen molar-refractivity contribution in [1.29, 1.82) is 5.26 Å². The van der Waals surface area contributed by atoms with Gasteiger partial charge in [-0.25, -0.2) is 0 Å². The van der Waals surface area contributed by atoms with E-state index >= 15 is 0 Å². The Bertz CT molecular complexity index is 808. The van der Waals surface area contributed by atoms with Gasteiger partial charge in [-0.3, -0.25) is 4.79 Å². The number of carbonyl (C=O) groups excluding carboxylic acids is 1. The van der Waals surface area contributed by atoms with E-state index in [4.69, 9.17) is 10.00 Å². The first-order chi connectivity index (χ1) is 11.7. The van der Waals surface area contributed by atoms with Gasteiger partial charge < -0.3 is 4.74 Å². The van der Waals surface area contributed by atoms with Gasteiger partial charge in [-0.15, -0.1) is 0 Å². The number of benzene rings is 2. The topological polar surface area (TPSA) is 50.1 Å². The molecule has 0 unspecified atom stereocenters. The van der Waals surface area contributed by atoms with Crippen LogP contribution in [0, 0.1) is 11.3 Å². The van der Waals surface area contributed by atoms with Crippen LogP contribution in [-0.4, -0.2) is 12.6 Å². The van der Waals surface area contributed by atoms with Crippen LogP contribution in [0.15, 0.2) is 46.2 Å². The SMILES string of the molecule is CCOC(=O)CCc1ccc2c(c1)CCc1ccc(C#N)cc1S2. The second-order valence-corrected chi connectivity index (χ2v) is 6.87. The van der Waals surface area contributed by atoms with Crippen LogP contribution in [0.4, 0.5) is 0 Å². The summed E-state index contributed by atoms with van der Waals surface area (Å²) in [5.74, 6) is -0.141. The molecule has 0 N–H and O–H groups in total. The van der Waals surface area contributed by atoms with E-state index in [1.54, 1.807) is 11.8 Å². The molecule has 0 radical (unpaired) electrons. The van der Waals surface area contributed by atoms with Crippen molar-refractivity contribution in [2.45, 2.75) is 42.4 Å². The lowest BCUT2D eigenvalue weighted by Gasteiger charge is -2.08. The Morgan fingerprint density at radius 3 is 2.79 bits per heavy atom. The fraction of sp³-hybridized carbons (Fsp3) is 0.300. The Hall–Kier alpha value is -2.25. The summed E-state index contributed by atoms with van der Waals surface area (Å²) in [4.78, 5) is 13.9. The van der Waals surface area contributed by atoms with Crippen LogP contribution in [0.25, 0.3) is 0 Å². The average Bonchev–Trinajstić information content (AvgIpc) is 2.78. The first-order valence-electron chi connectivity index (χ1n) is 8.18. The zero-order chi connectivity index (χ0) is 16.9. The molecule has 0 aliphatic carbocycles. The maximum Gasteiger partial charge on any atom is 0.306 e. The molecule has 0 spiro atoms. The van der Waals surface area contributed by atoms with Crippen molar-refractivity contribution in [2.75, 3.05) is 6.61 Å². The molecular weight excluding hydrogens is 318 g/mol. The van der Waals surface area contributed by atoms with Gasteiger partial charge in [0.25, 0.3) is 0 Å². The van der Waals surface area contributed by atoms with Gasteiger partial charge in [-0.05, 0) is 61.1 Å². The molecule has 2 aromatic carbocycles. The predicted molar refractivity (Wildman–Crippen MR) is 94.1 cm³/mol. The van der Waals surface area contributed by atoms with Gasteiger partial charge in [0.1, 0.15) is 0 Å². The van der Waals surface area contributed by atoms with Crippen LogP contribution in [0.3, 0.4) is 0 Å². The van der Waals surface area contributed by atoms with Crippen LogP contribution in [0.1, 0.15) is 35.6 Å². The number of esters is 1. The molecular formula is C20H19NO2S. The Morgan fingerprint density at radius 1 is 1.17 bits per heavy atom. The van der Waals surface area contributed by atoms with E-state index in [-0.39, 0.29) is 5.97 Å². The molecule has 0 aromatic heterocycles. The number of rotatable bonds is 4. The van der Waals surface area contributed by atoms with Crippen molar-refractivity contribution in [3.8, 4) is 6.07 Å². The molecule has 24 heavy (non-hydrogen) atoms. The van der Waals surface area contributed by atoms with E-state index in [9.17, 15) is 4.79 Å². The van der Waals surface area contributed by atoms with Crippen LogP contribution >= 0.6 is 11.8 Å². The van der Waals surface area contributed by atoms with Crippen molar-refractivity contribution in [3.63, 3.8) is 0 Å². The molecule has 3 rings (SSSR count). The van der Waals surface area contributed by atoms with Crippen molar-refractivity contribution in [3.05, 3.63) is 58.7 Å². The van der Waals surface area contributed by atoms with E-state index in [1.807, 2.05) is 19.1 Å². The Labute approximate surface area is 146 Å². The van der Waals surface area contributed by atoms with Crippen LogP contribution in [-0.2, 0) is 28.8 Å². The van der Waals surface area contributed by atoms with E-state index in [0.717, 1.165) is 12.8 Å². The predicted octanol–water partition coefficient (Wildman–Crippen LogP) is 4.30. The fourth-order valence-electron chi connectivity index (χ4n) is 2.88. The van der Waals surface area contributed by atoms with Crippen molar-refractivity contribution in [1.82, 2.24) is 0 Å². The number of carbonyl (C=O) groups is 1. The van der Waals surface area contributed by atoms with Crippen molar-refractivity contribution in [2.24, 2.45) is 0 Å². The summed E-state index contributed by atoms with van der Waals surface area (Å²) in [6.45, 7) is 2.26. The highest BCUT2D eigenvalue weighted by Gasteiger charge is 2.15. The Balaban J connectivity index is 1.77. The zero-order valence-electron chi connectivity index (χ0n) is 13.7. The summed E-state index contributed by atoms with van der Waals surface area (Å²) in [7, 11) is 0. The highest BCUT2D eigenvalue weighted by atomic mass is 32.2. The minimum absolute atomic E-state index is 0.141. The van der Waals surface area contributed by atoms with Gasteiger partial charge >= 0.3 is 5.97 Å². The van der Waals surface area contributed by atoms with E-state index in [1.165, 1.54) is 26.5 Å². The number of nitrogens with zero attached hydrogens (tertiary/aromatic N) is 1. The number of ether oxygens (including phenoxy) is 1. The highest BCUT2D eigenvalue weighted by Crippen LogP contribution is 2.38. The molecule has 0 bridgehead atoms. The molecule has 0 amide bonds. The number of nitriles is 1. The summed E-state index contributed by atoms with van der Waals surface area (Å²) in [5.41, 5.74) is 4.49. The smallest absolute Gasteiger partial charge is 0.306 e. The average molecular weight is 337 g/mol. The van der Waals surface area contributed by atoms with Gasteiger partial charge in [0.2, 0.25) is 0 Å². The third-order valence-electron chi connectivity index (χ3n) is 4.13. The first-order valence-corrected chi connectivity index (χ1v) is 8.99. The third-order valence-corrected chi connectivity index (χ3v) is 5.35. The lowest BCUT2D eigenvalue weighted by molar-refractivity contribution is -0.143. The lowest BCUT2D eigenvalue weighted by Crippen LogP contribution is -2.05. The Kier molecular flexibility index (Phi) is 5.22. The van der Waals surface area contributed by atoms with Crippen LogP contribution < -0.4 is 0 Å². The number of fused-ring (bicyclic) bond motifs is 2. The molecule has 0 saturated carbocycles. The standard InChI is InChI=1S/C20H19NO2S/c1-2-23-20(22)10-5-14-4-9-18-17(11-14)8-7-16-6-3-15(13-21)12-19(16)24-18/h3-4,6,9,11-12H,2,5,7-8,10H2,1H3. The van der Waals surface area contributed by atoms with Gasteiger partial charge in [0.15, 0.2) is 0 Å². The van der Waals surface area contributed by atoms with Gasteiger partial charge in [0, 0.05) is 16.2 Å². The van der Waals surface area contributed by atoms with Crippen LogP contribution in [0.2, 0.25) is 0 Å². The minimum Gasteiger partial charge on any atom is -0.466 e. The summed E-state index contributed by atoms with van der Waals surface area (Å²) in [6.07, 6.45) is 3.09. The van der Waals surface area contributed by atoms with Crippen molar-refractivity contribution < 1.29 is 9.53 Å². The monoisotopic (exact) mass is 337 g/mol.